The van der Waals surface area contributed by atoms with E-state index >= 15 is 0 Å². The van der Waals surface area contributed by atoms with Gasteiger partial charge in [0.2, 0.25) is 0 Å². The predicted octanol–water partition coefficient (Wildman–Crippen LogP) is 3.79. The SMILES string of the molecule is CC(C)(CCCl)CNC(=O)c1ccc(Cl)s1. The average molecular weight is 280 g/mol. The zero-order chi connectivity index (χ0) is 12.2. The number of amides is 1. The first-order valence-electron chi connectivity index (χ1n) is 5.04. The molecule has 0 radical (unpaired) electrons. The molecule has 1 heterocycles. The normalized spacial score (nSPS) is 11.5. The van der Waals surface area contributed by atoms with E-state index < -0.39 is 0 Å². The summed E-state index contributed by atoms with van der Waals surface area (Å²) in [6, 6.07) is 3.46. The van der Waals surface area contributed by atoms with Crippen molar-refractivity contribution < 1.29 is 4.79 Å². The average Bonchev–Trinajstić information content (AvgIpc) is 2.61. The molecule has 0 aliphatic rings. The summed E-state index contributed by atoms with van der Waals surface area (Å²) < 4.78 is 0.630. The number of hydrogen-bond donors (Lipinski definition) is 1. The zero-order valence-electron chi connectivity index (χ0n) is 9.35. The van der Waals surface area contributed by atoms with Crippen LogP contribution in [0, 0.1) is 5.41 Å². The summed E-state index contributed by atoms with van der Waals surface area (Å²) in [5.41, 5.74) is 0.0263. The highest BCUT2D eigenvalue weighted by Gasteiger charge is 2.18. The van der Waals surface area contributed by atoms with E-state index in [2.05, 4.69) is 19.2 Å². The molecule has 0 aliphatic carbocycles. The fourth-order valence-electron chi connectivity index (χ4n) is 1.19. The number of carbonyl (C=O) groups excluding carboxylic acids is 1. The molecule has 0 atom stereocenters. The Morgan fingerprint density at radius 2 is 2.19 bits per heavy atom. The van der Waals surface area contributed by atoms with Crippen LogP contribution in [-0.4, -0.2) is 18.3 Å². The van der Waals surface area contributed by atoms with Crippen LogP contribution in [0.2, 0.25) is 4.34 Å². The number of hydrogen-bond acceptors (Lipinski definition) is 2. The quantitative estimate of drug-likeness (QED) is 0.817. The summed E-state index contributed by atoms with van der Waals surface area (Å²) in [6.45, 7) is 4.78. The van der Waals surface area contributed by atoms with Crippen molar-refractivity contribution in [3.63, 3.8) is 0 Å². The van der Waals surface area contributed by atoms with Gasteiger partial charge in [0.05, 0.1) is 9.21 Å². The smallest absolute Gasteiger partial charge is 0.261 e. The molecule has 1 aromatic rings. The maximum absolute atomic E-state index is 11.7. The van der Waals surface area contributed by atoms with E-state index in [4.69, 9.17) is 23.2 Å². The number of carbonyl (C=O) groups is 1. The summed E-state index contributed by atoms with van der Waals surface area (Å²) in [6.07, 6.45) is 0.875. The van der Waals surface area contributed by atoms with Crippen LogP contribution in [-0.2, 0) is 0 Å². The molecule has 0 fully saturated rings. The Bertz CT molecular complexity index is 363. The number of halogens is 2. The molecular weight excluding hydrogens is 265 g/mol. The molecule has 0 aromatic carbocycles. The van der Waals surface area contributed by atoms with Crippen LogP contribution in [0.3, 0.4) is 0 Å². The van der Waals surface area contributed by atoms with Gasteiger partial charge in [-0.15, -0.1) is 22.9 Å². The molecule has 0 saturated heterocycles. The first-order valence-corrected chi connectivity index (χ1v) is 6.77. The molecule has 90 valence electrons. The molecule has 16 heavy (non-hydrogen) atoms. The second kappa shape index (κ2) is 5.89. The predicted molar refractivity (Wildman–Crippen MR) is 70.8 cm³/mol. The highest BCUT2D eigenvalue weighted by atomic mass is 35.5. The number of thiophene rings is 1. The van der Waals surface area contributed by atoms with Crippen LogP contribution < -0.4 is 5.32 Å². The third-order valence-electron chi connectivity index (χ3n) is 2.30. The van der Waals surface area contributed by atoms with Crippen LogP contribution in [0.25, 0.3) is 0 Å². The van der Waals surface area contributed by atoms with Gasteiger partial charge < -0.3 is 5.32 Å². The van der Waals surface area contributed by atoms with Crippen molar-refractivity contribution >= 4 is 40.4 Å². The fraction of sp³-hybridized carbons (Fsp3) is 0.545. The minimum atomic E-state index is -0.0699. The fourth-order valence-corrected chi connectivity index (χ4v) is 2.66. The molecule has 0 spiro atoms. The molecule has 2 nitrogen and oxygen atoms in total. The lowest BCUT2D eigenvalue weighted by atomic mass is 9.90. The molecule has 1 rings (SSSR count). The maximum Gasteiger partial charge on any atom is 0.261 e. The lowest BCUT2D eigenvalue weighted by molar-refractivity contribution is 0.0940. The summed E-state index contributed by atoms with van der Waals surface area (Å²) in [5.74, 6) is 0.535. The summed E-state index contributed by atoms with van der Waals surface area (Å²) in [5, 5.41) is 2.89. The third-order valence-corrected chi connectivity index (χ3v) is 3.71. The van der Waals surface area contributed by atoms with Gasteiger partial charge in [-0.1, -0.05) is 25.4 Å². The monoisotopic (exact) mass is 279 g/mol. The van der Waals surface area contributed by atoms with Crippen LogP contribution >= 0.6 is 34.5 Å². The van der Waals surface area contributed by atoms with Crippen LogP contribution in [0.1, 0.15) is 29.9 Å². The Labute approximate surface area is 110 Å². The van der Waals surface area contributed by atoms with Gasteiger partial charge in [0, 0.05) is 12.4 Å². The van der Waals surface area contributed by atoms with Gasteiger partial charge in [0.25, 0.3) is 5.91 Å². The lowest BCUT2D eigenvalue weighted by Crippen LogP contribution is -2.33. The van der Waals surface area contributed by atoms with Crippen molar-refractivity contribution in [2.24, 2.45) is 5.41 Å². The molecule has 0 saturated carbocycles. The third kappa shape index (κ3) is 4.32. The van der Waals surface area contributed by atoms with Gasteiger partial charge in [-0.05, 0) is 24.0 Å². The van der Waals surface area contributed by atoms with Gasteiger partial charge in [0.1, 0.15) is 0 Å². The molecular formula is C11H15Cl2NOS. The van der Waals surface area contributed by atoms with Crippen molar-refractivity contribution in [3.8, 4) is 0 Å². The van der Waals surface area contributed by atoms with E-state index in [1.807, 2.05) is 0 Å². The topological polar surface area (TPSA) is 29.1 Å². The Kier molecular flexibility index (Phi) is 5.09. The maximum atomic E-state index is 11.7. The summed E-state index contributed by atoms with van der Waals surface area (Å²) in [7, 11) is 0. The highest BCUT2D eigenvalue weighted by Crippen LogP contribution is 2.22. The minimum absolute atomic E-state index is 0.0263. The first kappa shape index (κ1) is 13.8. The molecule has 0 aliphatic heterocycles. The van der Waals surface area contributed by atoms with Crippen molar-refractivity contribution in [2.45, 2.75) is 20.3 Å². The van der Waals surface area contributed by atoms with Gasteiger partial charge in [-0.25, -0.2) is 0 Å². The Morgan fingerprint density at radius 1 is 1.50 bits per heavy atom. The highest BCUT2D eigenvalue weighted by molar-refractivity contribution is 7.17. The Balaban J connectivity index is 2.47. The lowest BCUT2D eigenvalue weighted by Gasteiger charge is -2.23. The minimum Gasteiger partial charge on any atom is -0.351 e. The van der Waals surface area contributed by atoms with E-state index in [1.165, 1.54) is 11.3 Å². The molecule has 0 unspecified atom stereocenters. The number of alkyl halides is 1. The second-order valence-corrected chi connectivity index (χ2v) is 6.48. The largest absolute Gasteiger partial charge is 0.351 e. The standard InChI is InChI=1S/C11H15Cl2NOS/c1-11(2,5-6-12)7-14-10(15)8-3-4-9(13)16-8/h3-4H,5-7H2,1-2H3,(H,14,15). The van der Waals surface area contributed by atoms with E-state index in [0.717, 1.165) is 6.42 Å². The Hall–Kier alpha value is -0.250. The van der Waals surface area contributed by atoms with E-state index in [-0.39, 0.29) is 11.3 Å². The number of nitrogens with one attached hydrogen (secondary N) is 1. The molecule has 5 heteroatoms. The van der Waals surface area contributed by atoms with E-state index in [0.29, 0.717) is 21.6 Å². The summed E-state index contributed by atoms with van der Waals surface area (Å²) >= 11 is 12.7. The van der Waals surface area contributed by atoms with Gasteiger partial charge in [0.15, 0.2) is 0 Å². The van der Waals surface area contributed by atoms with Crippen molar-refractivity contribution in [3.05, 3.63) is 21.3 Å². The van der Waals surface area contributed by atoms with Gasteiger partial charge in [-0.3, -0.25) is 4.79 Å². The number of rotatable bonds is 5. The molecule has 1 aromatic heterocycles. The van der Waals surface area contributed by atoms with Crippen LogP contribution in [0.4, 0.5) is 0 Å². The van der Waals surface area contributed by atoms with E-state index in [9.17, 15) is 4.79 Å². The summed E-state index contributed by atoms with van der Waals surface area (Å²) in [4.78, 5) is 12.4. The van der Waals surface area contributed by atoms with Crippen LogP contribution in [0.15, 0.2) is 12.1 Å². The van der Waals surface area contributed by atoms with Crippen LogP contribution in [0.5, 0.6) is 0 Å². The zero-order valence-corrected chi connectivity index (χ0v) is 11.7. The van der Waals surface area contributed by atoms with Gasteiger partial charge >= 0.3 is 0 Å². The second-order valence-electron chi connectivity index (χ2n) is 4.39. The van der Waals surface area contributed by atoms with Gasteiger partial charge in [-0.2, -0.15) is 0 Å². The van der Waals surface area contributed by atoms with E-state index in [1.54, 1.807) is 12.1 Å². The molecule has 1 N–H and O–H groups in total. The van der Waals surface area contributed by atoms with Crippen molar-refractivity contribution in [2.75, 3.05) is 12.4 Å². The van der Waals surface area contributed by atoms with Crippen molar-refractivity contribution in [1.29, 1.82) is 0 Å². The molecule has 0 bridgehead atoms. The molecule has 1 amide bonds. The first-order chi connectivity index (χ1) is 7.44. The Morgan fingerprint density at radius 3 is 2.69 bits per heavy atom. The van der Waals surface area contributed by atoms with Crippen molar-refractivity contribution in [1.82, 2.24) is 5.32 Å².